The topological polar surface area (TPSA) is 58.2 Å². The van der Waals surface area contributed by atoms with Crippen LogP contribution in [0.4, 0.5) is 4.39 Å². The minimum absolute atomic E-state index is 0.216. The van der Waals surface area contributed by atoms with E-state index in [0.717, 1.165) is 31.3 Å². The zero-order valence-corrected chi connectivity index (χ0v) is 14.3. The number of alkyl halides is 1. The molecule has 1 aliphatic carbocycles. The lowest BCUT2D eigenvalue weighted by molar-refractivity contribution is 0.439. The second-order valence-electron chi connectivity index (χ2n) is 6.08. The van der Waals surface area contributed by atoms with Gasteiger partial charge in [0.2, 0.25) is 10.0 Å². The zero-order valence-electron chi connectivity index (χ0n) is 12.7. The average molecular weight is 359 g/mol. The van der Waals surface area contributed by atoms with Crippen LogP contribution in [0.15, 0.2) is 29.8 Å². The molecule has 126 valence electrons. The highest BCUT2D eigenvalue weighted by atomic mass is 35.5. The summed E-state index contributed by atoms with van der Waals surface area (Å²) in [5.41, 5.74) is 0.936. The Labute approximate surface area is 141 Å². The van der Waals surface area contributed by atoms with E-state index in [-0.39, 0.29) is 6.54 Å². The van der Waals surface area contributed by atoms with Crippen LogP contribution in [0.25, 0.3) is 4.91 Å². The van der Waals surface area contributed by atoms with Gasteiger partial charge in [-0.3, -0.25) is 0 Å². The highest BCUT2D eigenvalue weighted by Crippen LogP contribution is 2.46. The van der Waals surface area contributed by atoms with Crippen molar-refractivity contribution in [3.63, 3.8) is 0 Å². The molecule has 0 saturated heterocycles. The molecule has 3 rings (SSSR count). The van der Waals surface area contributed by atoms with Crippen molar-refractivity contribution in [2.75, 3.05) is 19.8 Å². The van der Waals surface area contributed by atoms with Crippen LogP contribution < -0.4 is 10.0 Å². The summed E-state index contributed by atoms with van der Waals surface area (Å²) in [5.74, 6) is 0. The summed E-state index contributed by atoms with van der Waals surface area (Å²) in [6.45, 7) is 0.109. The van der Waals surface area contributed by atoms with Crippen molar-refractivity contribution >= 4 is 26.5 Å². The van der Waals surface area contributed by atoms with Gasteiger partial charge < -0.3 is 5.32 Å². The first-order valence-corrected chi connectivity index (χ1v) is 9.65. The van der Waals surface area contributed by atoms with Crippen molar-refractivity contribution in [3.05, 3.63) is 40.4 Å². The van der Waals surface area contributed by atoms with E-state index >= 15 is 0 Å². The molecule has 0 atom stereocenters. The fraction of sp³-hybridized carbons (Fsp3) is 0.500. The molecule has 23 heavy (non-hydrogen) atoms. The standard InChI is InChI=1S/C16H20ClFN2O2S/c17-13-5-3-12(4-6-13)15-14(11-19-10-9-18)16(7-1-2-8-16)20-23(15,21)22/h3-6,19-20H,1-2,7-11H2. The minimum atomic E-state index is -3.58. The van der Waals surface area contributed by atoms with E-state index in [0.29, 0.717) is 22.0 Å². The number of benzene rings is 1. The number of hydrogen-bond donors (Lipinski definition) is 2. The second-order valence-corrected chi connectivity index (χ2v) is 8.13. The third kappa shape index (κ3) is 3.18. The first kappa shape index (κ1) is 16.9. The van der Waals surface area contributed by atoms with Crippen molar-refractivity contribution in [3.8, 4) is 0 Å². The molecule has 0 amide bonds. The zero-order chi connectivity index (χ0) is 16.5. The summed E-state index contributed by atoms with van der Waals surface area (Å²) in [7, 11) is -3.58. The maximum absolute atomic E-state index is 12.7. The van der Waals surface area contributed by atoms with E-state index in [1.807, 2.05) is 0 Å². The largest absolute Gasteiger partial charge is 0.310 e. The Morgan fingerprint density at radius 2 is 1.87 bits per heavy atom. The van der Waals surface area contributed by atoms with Crippen LogP contribution in [-0.2, 0) is 10.0 Å². The molecule has 0 aromatic heterocycles. The lowest BCUT2D eigenvalue weighted by atomic mass is 9.87. The molecule has 1 spiro atoms. The van der Waals surface area contributed by atoms with Crippen LogP contribution in [0.2, 0.25) is 5.02 Å². The molecular weight excluding hydrogens is 339 g/mol. The Bertz CT molecular complexity index is 710. The van der Waals surface area contributed by atoms with Gasteiger partial charge in [-0.25, -0.2) is 17.5 Å². The minimum Gasteiger partial charge on any atom is -0.310 e. The first-order valence-electron chi connectivity index (χ1n) is 7.79. The summed E-state index contributed by atoms with van der Waals surface area (Å²) in [5, 5.41) is 3.57. The third-order valence-corrected chi connectivity index (χ3v) is 6.52. The summed E-state index contributed by atoms with van der Waals surface area (Å²) < 4.78 is 40.8. The number of halogens is 2. The van der Waals surface area contributed by atoms with Gasteiger partial charge in [0, 0.05) is 18.1 Å². The fourth-order valence-electron chi connectivity index (χ4n) is 3.59. The van der Waals surface area contributed by atoms with Gasteiger partial charge in [-0.1, -0.05) is 36.6 Å². The third-order valence-electron chi connectivity index (χ3n) is 4.59. The first-order chi connectivity index (χ1) is 11.0. The van der Waals surface area contributed by atoms with Gasteiger partial charge in [-0.15, -0.1) is 0 Å². The Kier molecular flexibility index (Phi) is 4.78. The van der Waals surface area contributed by atoms with E-state index in [4.69, 9.17) is 11.6 Å². The van der Waals surface area contributed by atoms with Crippen molar-refractivity contribution in [1.29, 1.82) is 0 Å². The molecule has 7 heteroatoms. The predicted molar refractivity (Wildman–Crippen MR) is 90.5 cm³/mol. The lowest BCUT2D eigenvalue weighted by Crippen LogP contribution is -2.44. The van der Waals surface area contributed by atoms with Crippen LogP contribution in [0.1, 0.15) is 31.2 Å². The smallest absolute Gasteiger partial charge is 0.242 e. The van der Waals surface area contributed by atoms with E-state index in [1.165, 1.54) is 0 Å². The molecule has 1 aromatic rings. The molecule has 0 bridgehead atoms. The second kappa shape index (κ2) is 6.51. The normalized spacial score (nSPS) is 22.2. The van der Waals surface area contributed by atoms with Gasteiger partial charge in [0.05, 0.1) is 10.4 Å². The molecule has 2 aliphatic rings. The quantitative estimate of drug-likeness (QED) is 0.796. The Morgan fingerprint density at radius 3 is 2.48 bits per heavy atom. The molecule has 2 N–H and O–H groups in total. The molecule has 1 fully saturated rings. The molecule has 0 radical (unpaired) electrons. The van der Waals surface area contributed by atoms with Crippen LogP contribution in [0.5, 0.6) is 0 Å². The number of sulfonamides is 1. The molecule has 1 aromatic carbocycles. The summed E-state index contributed by atoms with van der Waals surface area (Å²) in [6, 6.07) is 6.82. The Morgan fingerprint density at radius 1 is 1.22 bits per heavy atom. The number of nitrogens with one attached hydrogen (secondary N) is 2. The summed E-state index contributed by atoms with van der Waals surface area (Å²) >= 11 is 5.91. The Balaban J connectivity index is 2.09. The van der Waals surface area contributed by atoms with Crippen LogP contribution in [-0.4, -0.2) is 33.7 Å². The molecule has 1 heterocycles. The van der Waals surface area contributed by atoms with Gasteiger partial charge in [0.1, 0.15) is 6.67 Å². The van der Waals surface area contributed by atoms with Crippen LogP contribution >= 0.6 is 11.6 Å². The molecule has 1 aliphatic heterocycles. The van der Waals surface area contributed by atoms with Crippen LogP contribution in [0.3, 0.4) is 0 Å². The fourth-order valence-corrected chi connectivity index (χ4v) is 5.70. The summed E-state index contributed by atoms with van der Waals surface area (Å²) in [4.78, 5) is 0.322. The van der Waals surface area contributed by atoms with Gasteiger partial charge >= 0.3 is 0 Å². The molecular formula is C16H20ClFN2O2S. The van der Waals surface area contributed by atoms with Gasteiger partial charge in [-0.2, -0.15) is 0 Å². The molecule has 0 unspecified atom stereocenters. The van der Waals surface area contributed by atoms with E-state index in [9.17, 15) is 12.8 Å². The van der Waals surface area contributed by atoms with E-state index in [2.05, 4.69) is 10.0 Å². The van der Waals surface area contributed by atoms with Crippen molar-refractivity contribution in [2.45, 2.75) is 31.2 Å². The average Bonchev–Trinajstić information content (AvgIpc) is 3.04. The maximum Gasteiger partial charge on any atom is 0.242 e. The van der Waals surface area contributed by atoms with E-state index < -0.39 is 22.2 Å². The van der Waals surface area contributed by atoms with Crippen LogP contribution in [0, 0.1) is 0 Å². The highest BCUT2D eigenvalue weighted by molar-refractivity contribution is 7.99. The number of rotatable bonds is 5. The monoisotopic (exact) mass is 358 g/mol. The molecule has 4 nitrogen and oxygen atoms in total. The SMILES string of the molecule is O=S1(=O)NC2(CCCC2)C(CNCCF)=C1c1ccc(Cl)cc1. The maximum atomic E-state index is 12.7. The van der Waals surface area contributed by atoms with Crippen molar-refractivity contribution in [1.82, 2.24) is 10.0 Å². The number of hydrogen-bond acceptors (Lipinski definition) is 3. The Hall–Kier alpha value is -0.950. The predicted octanol–water partition coefficient (Wildman–Crippen LogP) is 2.86. The van der Waals surface area contributed by atoms with Crippen molar-refractivity contribution in [2.24, 2.45) is 0 Å². The highest BCUT2D eigenvalue weighted by Gasteiger charge is 2.49. The van der Waals surface area contributed by atoms with Crippen molar-refractivity contribution < 1.29 is 12.8 Å². The molecule has 1 saturated carbocycles. The van der Waals surface area contributed by atoms with Gasteiger partial charge in [0.15, 0.2) is 0 Å². The summed E-state index contributed by atoms with van der Waals surface area (Å²) in [6.07, 6.45) is 3.55. The van der Waals surface area contributed by atoms with Gasteiger partial charge in [0.25, 0.3) is 0 Å². The lowest BCUT2D eigenvalue weighted by Gasteiger charge is -2.26. The van der Waals surface area contributed by atoms with E-state index in [1.54, 1.807) is 24.3 Å². The van der Waals surface area contributed by atoms with Gasteiger partial charge in [-0.05, 0) is 36.1 Å².